The Bertz CT molecular complexity index is 685. The Morgan fingerprint density at radius 2 is 2.05 bits per heavy atom. The van der Waals surface area contributed by atoms with Gasteiger partial charge in [0.1, 0.15) is 6.04 Å². The van der Waals surface area contributed by atoms with Gasteiger partial charge in [0, 0.05) is 11.6 Å². The zero-order valence-electron chi connectivity index (χ0n) is 12.3. The number of ether oxygens (including phenoxy) is 1. The fourth-order valence-corrected chi connectivity index (χ4v) is 3.24. The van der Waals surface area contributed by atoms with Crippen LogP contribution >= 0.6 is 0 Å². The van der Waals surface area contributed by atoms with E-state index in [0.29, 0.717) is 17.6 Å². The molecule has 2 aliphatic heterocycles. The Balaban J connectivity index is 1.90. The molecule has 0 aromatic heterocycles. The zero-order valence-corrected chi connectivity index (χ0v) is 12.3. The summed E-state index contributed by atoms with van der Waals surface area (Å²) in [6.07, 6.45) is 4.15. The highest BCUT2D eigenvalue weighted by Crippen LogP contribution is 2.35. The van der Waals surface area contributed by atoms with Crippen LogP contribution in [-0.2, 0) is 14.3 Å². The number of carbonyl (C=O) groups excluding carboxylic acids is 2. The third kappa shape index (κ3) is 2.27. The van der Waals surface area contributed by atoms with Gasteiger partial charge in [0.2, 0.25) is 0 Å². The number of hydrogen-bond donors (Lipinski definition) is 0. The summed E-state index contributed by atoms with van der Waals surface area (Å²) in [5, 5.41) is 8.85. The summed E-state index contributed by atoms with van der Waals surface area (Å²) in [7, 11) is 1.35. The van der Waals surface area contributed by atoms with Crippen LogP contribution in [-0.4, -0.2) is 36.0 Å². The van der Waals surface area contributed by atoms with E-state index in [1.807, 2.05) is 6.08 Å². The van der Waals surface area contributed by atoms with Gasteiger partial charge in [-0.05, 0) is 37.0 Å². The molecule has 1 fully saturated rings. The SMILES string of the molecule is COC(=O)[C@@H]1CC[C@@H]2CC=C(c3ccc(C#N)cc3)C(=O)N21. The summed E-state index contributed by atoms with van der Waals surface area (Å²) in [6.45, 7) is 0. The smallest absolute Gasteiger partial charge is 0.328 e. The molecule has 0 radical (unpaired) electrons. The standard InChI is InChI=1S/C17H16N2O3/c1-22-17(21)15-9-7-13-6-8-14(16(20)19(13)15)12-4-2-11(10-18)3-5-12/h2-5,8,13,15H,6-7,9H2,1H3/t13-,15-/m0/s1. The summed E-state index contributed by atoms with van der Waals surface area (Å²) in [6, 6.07) is 8.58. The summed E-state index contributed by atoms with van der Waals surface area (Å²) >= 11 is 0. The molecule has 0 unspecified atom stereocenters. The Kier molecular flexibility index (Phi) is 3.68. The molecule has 2 atom stereocenters. The molecule has 2 heterocycles. The predicted molar refractivity (Wildman–Crippen MR) is 79.4 cm³/mol. The minimum atomic E-state index is -0.482. The highest BCUT2D eigenvalue weighted by molar-refractivity contribution is 6.21. The van der Waals surface area contributed by atoms with E-state index in [1.165, 1.54) is 7.11 Å². The lowest BCUT2D eigenvalue weighted by atomic mass is 9.96. The first-order valence-electron chi connectivity index (χ1n) is 7.27. The van der Waals surface area contributed by atoms with Gasteiger partial charge in [-0.25, -0.2) is 4.79 Å². The van der Waals surface area contributed by atoms with Crippen molar-refractivity contribution in [1.29, 1.82) is 5.26 Å². The van der Waals surface area contributed by atoms with Crippen molar-refractivity contribution in [3.8, 4) is 6.07 Å². The number of nitrogens with zero attached hydrogens (tertiary/aromatic N) is 2. The second-order valence-electron chi connectivity index (χ2n) is 5.53. The topological polar surface area (TPSA) is 70.4 Å². The number of carbonyl (C=O) groups is 2. The molecule has 5 nitrogen and oxygen atoms in total. The summed E-state index contributed by atoms with van der Waals surface area (Å²) in [5.74, 6) is -0.481. The number of rotatable bonds is 2. The molecule has 0 aliphatic carbocycles. The van der Waals surface area contributed by atoms with Crippen LogP contribution in [0.3, 0.4) is 0 Å². The molecule has 1 aromatic rings. The second kappa shape index (κ2) is 5.64. The molecule has 1 aromatic carbocycles. The molecule has 1 saturated heterocycles. The van der Waals surface area contributed by atoms with Crippen molar-refractivity contribution in [2.75, 3.05) is 7.11 Å². The van der Waals surface area contributed by atoms with Crippen LogP contribution in [0.5, 0.6) is 0 Å². The number of nitriles is 1. The van der Waals surface area contributed by atoms with Gasteiger partial charge in [0.05, 0.1) is 18.7 Å². The lowest BCUT2D eigenvalue weighted by Crippen LogP contribution is -2.47. The highest BCUT2D eigenvalue weighted by Gasteiger charge is 2.44. The Morgan fingerprint density at radius 3 is 2.68 bits per heavy atom. The predicted octanol–water partition coefficient (Wildman–Crippen LogP) is 1.88. The van der Waals surface area contributed by atoms with Crippen LogP contribution < -0.4 is 0 Å². The van der Waals surface area contributed by atoms with Gasteiger partial charge in [0.15, 0.2) is 0 Å². The van der Waals surface area contributed by atoms with Crippen molar-refractivity contribution >= 4 is 17.4 Å². The lowest BCUT2D eigenvalue weighted by molar-refractivity contribution is -0.150. The molecule has 22 heavy (non-hydrogen) atoms. The Hall–Kier alpha value is -2.61. The van der Waals surface area contributed by atoms with E-state index in [9.17, 15) is 9.59 Å². The molecule has 0 saturated carbocycles. The minimum absolute atomic E-state index is 0.0822. The molecule has 5 heteroatoms. The highest BCUT2D eigenvalue weighted by atomic mass is 16.5. The van der Waals surface area contributed by atoms with Crippen LogP contribution in [0.4, 0.5) is 0 Å². The molecule has 1 amide bonds. The average Bonchev–Trinajstić information content (AvgIpc) is 2.99. The van der Waals surface area contributed by atoms with E-state index >= 15 is 0 Å². The van der Waals surface area contributed by atoms with Crippen LogP contribution in [0, 0.1) is 11.3 Å². The van der Waals surface area contributed by atoms with Crippen LogP contribution in [0.25, 0.3) is 5.57 Å². The first-order valence-corrected chi connectivity index (χ1v) is 7.27. The number of amides is 1. The Labute approximate surface area is 128 Å². The van der Waals surface area contributed by atoms with E-state index in [2.05, 4.69) is 6.07 Å². The molecule has 2 aliphatic rings. The van der Waals surface area contributed by atoms with Gasteiger partial charge < -0.3 is 9.64 Å². The summed E-state index contributed by atoms with van der Waals surface area (Å²) in [4.78, 5) is 26.3. The number of methoxy groups -OCH3 is 1. The van der Waals surface area contributed by atoms with E-state index in [0.717, 1.165) is 18.4 Å². The van der Waals surface area contributed by atoms with E-state index in [1.54, 1.807) is 29.2 Å². The van der Waals surface area contributed by atoms with Gasteiger partial charge in [-0.1, -0.05) is 18.2 Å². The van der Waals surface area contributed by atoms with Crippen molar-refractivity contribution in [2.24, 2.45) is 0 Å². The molecule has 0 bridgehead atoms. The quantitative estimate of drug-likeness (QED) is 0.781. The van der Waals surface area contributed by atoms with Gasteiger partial charge in [-0.15, -0.1) is 0 Å². The molecule has 3 rings (SSSR count). The van der Waals surface area contributed by atoms with Crippen molar-refractivity contribution < 1.29 is 14.3 Å². The molecule has 0 spiro atoms. The minimum Gasteiger partial charge on any atom is -0.467 e. The maximum Gasteiger partial charge on any atom is 0.328 e. The van der Waals surface area contributed by atoms with E-state index < -0.39 is 6.04 Å². The fraction of sp³-hybridized carbons (Fsp3) is 0.353. The first kappa shape index (κ1) is 14.3. The van der Waals surface area contributed by atoms with Crippen LogP contribution in [0.2, 0.25) is 0 Å². The zero-order chi connectivity index (χ0) is 15.7. The third-order valence-electron chi connectivity index (χ3n) is 4.36. The van der Waals surface area contributed by atoms with Gasteiger partial charge in [0.25, 0.3) is 5.91 Å². The van der Waals surface area contributed by atoms with Crippen molar-refractivity contribution in [3.05, 3.63) is 41.5 Å². The number of hydrogen-bond acceptors (Lipinski definition) is 4. The van der Waals surface area contributed by atoms with Gasteiger partial charge >= 0.3 is 5.97 Å². The summed E-state index contributed by atoms with van der Waals surface area (Å²) in [5.41, 5.74) is 1.92. The largest absolute Gasteiger partial charge is 0.467 e. The number of esters is 1. The molecule has 0 N–H and O–H groups in total. The lowest BCUT2D eigenvalue weighted by Gasteiger charge is -2.32. The summed E-state index contributed by atoms with van der Waals surface area (Å²) < 4.78 is 4.81. The monoisotopic (exact) mass is 296 g/mol. The van der Waals surface area contributed by atoms with Gasteiger partial charge in [-0.2, -0.15) is 5.26 Å². The van der Waals surface area contributed by atoms with Crippen LogP contribution in [0.15, 0.2) is 30.3 Å². The van der Waals surface area contributed by atoms with E-state index in [4.69, 9.17) is 10.00 Å². The molecular weight excluding hydrogens is 280 g/mol. The maximum atomic E-state index is 12.8. The fourth-order valence-electron chi connectivity index (χ4n) is 3.24. The second-order valence-corrected chi connectivity index (χ2v) is 5.53. The molecular formula is C17H16N2O3. The normalized spacial score (nSPS) is 23.5. The van der Waals surface area contributed by atoms with Crippen molar-refractivity contribution in [2.45, 2.75) is 31.3 Å². The Morgan fingerprint density at radius 1 is 1.32 bits per heavy atom. The van der Waals surface area contributed by atoms with E-state index in [-0.39, 0.29) is 17.9 Å². The van der Waals surface area contributed by atoms with Gasteiger partial charge in [-0.3, -0.25) is 4.79 Å². The van der Waals surface area contributed by atoms with Crippen molar-refractivity contribution in [1.82, 2.24) is 4.90 Å². The maximum absolute atomic E-state index is 12.8. The first-order chi connectivity index (χ1) is 10.7. The average molecular weight is 296 g/mol. The van der Waals surface area contributed by atoms with Crippen molar-refractivity contribution in [3.63, 3.8) is 0 Å². The van der Waals surface area contributed by atoms with Crippen LogP contribution in [0.1, 0.15) is 30.4 Å². The third-order valence-corrected chi connectivity index (χ3v) is 4.36. The molecule has 112 valence electrons. The number of benzene rings is 1. The number of fused-ring (bicyclic) bond motifs is 1.